The van der Waals surface area contributed by atoms with Crippen LogP contribution in [0, 0.1) is 45.3 Å². The van der Waals surface area contributed by atoms with Crippen LogP contribution in [0.2, 0.25) is 5.02 Å². The average Bonchev–Trinajstić information content (AvgIpc) is 3.19. The summed E-state index contributed by atoms with van der Waals surface area (Å²) in [5.41, 5.74) is 6.16. The number of allylic oxidation sites excluding steroid dienone is 2. The maximum atomic E-state index is 10.1. The lowest BCUT2D eigenvalue weighted by atomic mass is 9.58. The molecular weight excluding hydrogens is 390 g/mol. The van der Waals surface area contributed by atoms with Gasteiger partial charge >= 0.3 is 0 Å². The SMILES string of the molecule is CCN1CC=C2C(C#N)=C(N)C(C#N)(C#N)[C@H](c3cc4c(cc3Cl)OCO4)[C@H]2C1. The van der Waals surface area contributed by atoms with E-state index in [2.05, 4.69) is 23.1 Å². The summed E-state index contributed by atoms with van der Waals surface area (Å²) >= 11 is 6.59. The molecule has 0 saturated carbocycles. The molecule has 0 saturated heterocycles. The predicted octanol–water partition coefficient (Wildman–Crippen LogP) is 2.81. The number of nitrogens with zero attached hydrogens (tertiary/aromatic N) is 4. The van der Waals surface area contributed by atoms with Crippen molar-refractivity contribution in [1.82, 2.24) is 4.90 Å². The first kappa shape index (κ1) is 19.2. The van der Waals surface area contributed by atoms with Crippen molar-refractivity contribution in [3.05, 3.63) is 45.6 Å². The van der Waals surface area contributed by atoms with Crippen molar-refractivity contribution < 1.29 is 9.47 Å². The fraction of sp³-hybridized carbons (Fsp3) is 0.381. The van der Waals surface area contributed by atoms with E-state index >= 15 is 0 Å². The van der Waals surface area contributed by atoms with Gasteiger partial charge in [-0.25, -0.2) is 0 Å². The summed E-state index contributed by atoms with van der Waals surface area (Å²) in [6, 6.07) is 9.73. The molecule has 29 heavy (non-hydrogen) atoms. The summed E-state index contributed by atoms with van der Waals surface area (Å²) < 4.78 is 10.9. The van der Waals surface area contributed by atoms with E-state index in [1.54, 1.807) is 12.1 Å². The van der Waals surface area contributed by atoms with Crippen LogP contribution in [0.15, 0.2) is 35.1 Å². The molecule has 0 aromatic heterocycles. The Hall–Kier alpha value is -3.18. The van der Waals surface area contributed by atoms with Gasteiger partial charge in [0.15, 0.2) is 16.9 Å². The van der Waals surface area contributed by atoms with Gasteiger partial charge in [-0.2, -0.15) is 15.8 Å². The van der Waals surface area contributed by atoms with E-state index < -0.39 is 11.3 Å². The van der Waals surface area contributed by atoms with Crippen molar-refractivity contribution in [2.45, 2.75) is 12.8 Å². The van der Waals surface area contributed by atoms with Gasteiger partial charge in [0, 0.05) is 36.0 Å². The van der Waals surface area contributed by atoms with Gasteiger partial charge < -0.3 is 15.2 Å². The van der Waals surface area contributed by atoms with Crippen LogP contribution < -0.4 is 15.2 Å². The largest absolute Gasteiger partial charge is 0.454 e. The molecule has 0 fully saturated rings. The van der Waals surface area contributed by atoms with E-state index in [1.807, 2.05) is 13.0 Å². The molecule has 8 heteroatoms. The molecule has 2 heterocycles. The number of hydrogen-bond donors (Lipinski definition) is 1. The zero-order valence-corrected chi connectivity index (χ0v) is 16.5. The number of fused-ring (bicyclic) bond motifs is 2. The van der Waals surface area contributed by atoms with Gasteiger partial charge in [-0.15, -0.1) is 0 Å². The highest BCUT2D eigenvalue weighted by Crippen LogP contribution is 2.56. The van der Waals surface area contributed by atoms with Crippen molar-refractivity contribution in [2.24, 2.45) is 17.1 Å². The van der Waals surface area contributed by atoms with Gasteiger partial charge in [0.1, 0.15) is 6.07 Å². The molecule has 146 valence electrons. The molecule has 2 N–H and O–H groups in total. The summed E-state index contributed by atoms with van der Waals surface area (Å²) in [5.74, 6) is 0.0846. The highest BCUT2D eigenvalue weighted by molar-refractivity contribution is 6.31. The highest BCUT2D eigenvalue weighted by atomic mass is 35.5. The van der Waals surface area contributed by atoms with Crippen molar-refractivity contribution in [2.75, 3.05) is 26.4 Å². The lowest BCUT2D eigenvalue weighted by Gasteiger charge is -2.45. The van der Waals surface area contributed by atoms with Gasteiger partial charge in [-0.05, 0) is 23.7 Å². The second-order valence-electron chi connectivity index (χ2n) is 7.25. The number of rotatable bonds is 2. The molecule has 0 bridgehead atoms. The zero-order valence-electron chi connectivity index (χ0n) is 15.8. The van der Waals surface area contributed by atoms with Gasteiger partial charge in [0.2, 0.25) is 6.79 Å². The number of ether oxygens (including phenoxy) is 2. The smallest absolute Gasteiger partial charge is 0.231 e. The van der Waals surface area contributed by atoms with Crippen LogP contribution in [0.5, 0.6) is 11.5 Å². The monoisotopic (exact) mass is 407 g/mol. The van der Waals surface area contributed by atoms with E-state index in [0.717, 1.165) is 12.1 Å². The second-order valence-corrected chi connectivity index (χ2v) is 7.66. The van der Waals surface area contributed by atoms with Crippen LogP contribution in [0.25, 0.3) is 0 Å². The lowest BCUT2D eigenvalue weighted by molar-refractivity contribution is 0.173. The molecule has 1 aromatic carbocycles. The fourth-order valence-corrected chi connectivity index (χ4v) is 4.78. The number of nitriles is 3. The molecule has 0 radical (unpaired) electrons. The average molecular weight is 408 g/mol. The van der Waals surface area contributed by atoms with E-state index in [1.165, 1.54) is 0 Å². The van der Waals surface area contributed by atoms with Gasteiger partial charge in [0.05, 0.1) is 23.4 Å². The molecular formula is C21H18ClN5O2. The lowest BCUT2D eigenvalue weighted by Crippen LogP contribution is -2.48. The summed E-state index contributed by atoms with van der Waals surface area (Å²) in [6.45, 7) is 4.19. The Morgan fingerprint density at radius 3 is 2.55 bits per heavy atom. The summed E-state index contributed by atoms with van der Waals surface area (Å²) in [5, 5.41) is 30.4. The normalized spacial score (nSPS) is 24.7. The Kier molecular flexibility index (Phi) is 4.63. The first-order valence-electron chi connectivity index (χ1n) is 9.25. The standard InChI is InChI=1S/C21H18ClN5O2/c1-2-27-4-3-12-14(7-23)20(26)21(9-24,10-25)19(15(12)8-27)13-5-17-18(6-16(13)22)29-11-28-17/h3,5-6,15,19H,2,4,8,11,26H2,1H3/t15-,19+/m0/s1. The Balaban J connectivity index is 2.00. The van der Waals surface area contributed by atoms with Crippen LogP contribution in [0.1, 0.15) is 18.4 Å². The Labute approximate surface area is 173 Å². The first-order chi connectivity index (χ1) is 14.0. The molecule has 2 atom stereocenters. The van der Waals surface area contributed by atoms with Crippen LogP contribution >= 0.6 is 11.6 Å². The number of halogens is 1. The minimum Gasteiger partial charge on any atom is -0.454 e. The van der Waals surface area contributed by atoms with E-state index in [4.69, 9.17) is 26.8 Å². The van der Waals surface area contributed by atoms with Crippen LogP contribution in [-0.4, -0.2) is 31.3 Å². The number of benzene rings is 1. The molecule has 0 spiro atoms. The number of nitrogens with two attached hydrogens (primary N) is 1. The maximum absolute atomic E-state index is 10.1. The van der Waals surface area contributed by atoms with Crippen LogP contribution in [-0.2, 0) is 0 Å². The highest BCUT2D eigenvalue weighted by Gasteiger charge is 2.55. The van der Waals surface area contributed by atoms with Gasteiger partial charge in [-0.3, -0.25) is 4.90 Å². The third-order valence-electron chi connectivity index (χ3n) is 6.01. The summed E-state index contributed by atoms with van der Waals surface area (Å²) in [4.78, 5) is 2.19. The van der Waals surface area contributed by atoms with Crippen LogP contribution in [0.4, 0.5) is 0 Å². The second kappa shape index (κ2) is 7.01. The Morgan fingerprint density at radius 2 is 1.93 bits per heavy atom. The Morgan fingerprint density at radius 1 is 1.24 bits per heavy atom. The Bertz CT molecular complexity index is 1060. The quantitative estimate of drug-likeness (QED) is 0.800. The molecule has 0 unspecified atom stereocenters. The third-order valence-corrected chi connectivity index (χ3v) is 6.34. The summed E-state index contributed by atoms with van der Waals surface area (Å²) in [6.07, 6.45) is 1.97. The van der Waals surface area contributed by atoms with Crippen molar-refractivity contribution >= 4 is 11.6 Å². The fourth-order valence-electron chi connectivity index (χ4n) is 4.51. The first-order valence-corrected chi connectivity index (χ1v) is 9.63. The molecule has 3 aliphatic rings. The van der Waals surface area contributed by atoms with E-state index in [-0.39, 0.29) is 24.0 Å². The molecule has 1 aromatic rings. The summed E-state index contributed by atoms with van der Waals surface area (Å²) in [7, 11) is 0. The minimum absolute atomic E-state index is 0.0174. The van der Waals surface area contributed by atoms with Gasteiger partial charge in [-0.1, -0.05) is 24.6 Å². The minimum atomic E-state index is -1.72. The van der Waals surface area contributed by atoms with Gasteiger partial charge in [0.25, 0.3) is 0 Å². The zero-order chi connectivity index (χ0) is 20.8. The van der Waals surface area contributed by atoms with Crippen molar-refractivity contribution in [1.29, 1.82) is 15.8 Å². The molecule has 7 nitrogen and oxygen atoms in total. The van der Waals surface area contributed by atoms with E-state index in [0.29, 0.717) is 35.2 Å². The van der Waals surface area contributed by atoms with E-state index in [9.17, 15) is 15.8 Å². The molecule has 2 aliphatic heterocycles. The molecule has 0 amide bonds. The third kappa shape index (κ3) is 2.65. The molecule has 1 aliphatic carbocycles. The number of hydrogen-bond acceptors (Lipinski definition) is 7. The van der Waals surface area contributed by atoms with Crippen LogP contribution in [0.3, 0.4) is 0 Å². The van der Waals surface area contributed by atoms with Crippen molar-refractivity contribution in [3.8, 4) is 29.7 Å². The molecule has 4 rings (SSSR count). The topological polar surface area (TPSA) is 119 Å². The predicted molar refractivity (Wildman–Crippen MR) is 104 cm³/mol. The number of likely N-dealkylation sites (N-methyl/N-ethyl adjacent to an activating group) is 1. The maximum Gasteiger partial charge on any atom is 0.231 e. The van der Waals surface area contributed by atoms with Crippen molar-refractivity contribution in [3.63, 3.8) is 0 Å².